The molecule has 0 amide bonds. The number of rotatable bonds is 0. The van der Waals surface area contributed by atoms with E-state index in [1.54, 1.807) is 0 Å². The third-order valence-corrected chi connectivity index (χ3v) is 2.23. The fourth-order valence-corrected chi connectivity index (χ4v) is 1.53. The van der Waals surface area contributed by atoms with E-state index >= 15 is 0 Å². The van der Waals surface area contributed by atoms with Gasteiger partial charge in [0.25, 0.3) is 0 Å². The Morgan fingerprint density at radius 3 is 2.62 bits per heavy atom. The van der Waals surface area contributed by atoms with E-state index in [9.17, 15) is 8.78 Å². The molecule has 2 N–H and O–H groups in total. The quantitative estimate of drug-likeness (QED) is 0.628. The first kappa shape index (κ1) is 8.23. The smallest absolute Gasteiger partial charge is 0.123 e. The Kier molecular flexibility index (Phi) is 1.79. The molecule has 1 aromatic rings. The maximum absolute atomic E-state index is 13.2. The first-order chi connectivity index (χ1) is 6.18. The van der Waals surface area contributed by atoms with Gasteiger partial charge >= 0.3 is 0 Å². The van der Waals surface area contributed by atoms with Crippen molar-refractivity contribution in [2.45, 2.75) is 12.8 Å². The lowest BCUT2D eigenvalue weighted by Crippen LogP contribution is -2.34. The second-order valence-corrected chi connectivity index (χ2v) is 3.12. The fraction of sp³-hybridized carbons (Fsp3) is 0.200. The fourth-order valence-electron chi connectivity index (χ4n) is 1.53. The van der Waals surface area contributed by atoms with Gasteiger partial charge in [-0.2, -0.15) is 0 Å². The van der Waals surface area contributed by atoms with Gasteiger partial charge in [0.2, 0.25) is 0 Å². The van der Waals surface area contributed by atoms with Gasteiger partial charge in [-0.3, -0.25) is 0 Å². The maximum atomic E-state index is 13.2. The minimum Gasteiger partial charge on any atom is -0.402 e. The van der Waals surface area contributed by atoms with Crippen molar-refractivity contribution in [3.63, 3.8) is 0 Å². The standard InChI is InChI=1S/C10H9F2N/c11-6-1-2-7-8(5-6)9(12)3-4-10(7)13/h1-2,5H,3-4,13H2. The number of benzene rings is 1. The summed E-state index contributed by atoms with van der Waals surface area (Å²) in [6.45, 7) is 0. The molecular weight excluding hydrogens is 172 g/mol. The van der Waals surface area contributed by atoms with E-state index in [1.807, 2.05) is 0 Å². The van der Waals surface area contributed by atoms with Crippen LogP contribution in [-0.2, 0) is 0 Å². The van der Waals surface area contributed by atoms with Crippen molar-refractivity contribution in [1.82, 2.24) is 0 Å². The Balaban J connectivity index is 2.93. The molecule has 1 nitrogen and oxygen atoms in total. The van der Waals surface area contributed by atoms with Crippen LogP contribution in [0.25, 0.3) is 11.5 Å². The van der Waals surface area contributed by atoms with Crippen molar-refractivity contribution >= 4 is 11.5 Å². The molecule has 3 heteroatoms. The largest absolute Gasteiger partial charge is 0.402 e. The summed E-state index contributed by atoms with van der Waals surface area (Å²) in [5, 5.41) is 0.939. The van der Waals surface area contributed by atoms with E-state index in [0.717, 1.165) is 0 Å². The van der Waals surface area contributed by atoms with Crippen molar-refractivity contribution in [2.75, 3.05) is 0 Å². The minimum atomic E-state index is -0.427. The van der Waals surface area contributed by atoms with E-state index in [0.29, 0.717) is 22.6 Å². The van der Waals surface area contributed by atoms with E-state index in [1.165, 1.54) is 18.2 Å². The Bertz CT molecular complexity index is 462. The lowest BCUT2D eigenvalue weighted by Gasteiger charge is -2.07. The molecule has 1 aliphatic carbocycles. The van der Waals surface area contributed by atoms with Gasteiger partial charge in [0.1, 0.15) is 11.6 Å². The van der Waals surface area contributed by atoms with Gasteiger partial charge in [-0.05, 0) is 24.6 Å². The molecule has 0 saturated carbocycles. The first-order valence-corrected chi connectivity index (χ1v) is 4.11. The van der Waals surface area contributed by atoms with Crippen LogP contribution >= 0.6 is 0 Å². The molecular formula is C10H9F2N. The van der Waals surface area contributed by atoms with Crippen LogP contribution in [0, 0.1) is 5.82 Å². The molecule has 0 radical (unpaired) electrons. The van der Waals surface area contributed by atoms with Crippen LogP contribution in [0.1, 0.15) is 12.8 Å². The minimum absolute atomic E-state index is 0.274. The van der Waals surface area contributed by atoms with Crippen molar-refractivity contribution in [3.05, 3.63) is 34.5 Å². The van der Waals surface area contributed by atoms with Gasteiger partial charge in [-0.25, -0.2) is 8.78 Å². The topological polar surface area (TPSA) is 26.0 Å². The molecule has 1 aromatic carbocycles. The molecule has 0 saturated heterocycles. The van der Waals surface area contributed by atoms with E-state index < -0.39 is 5.82 Å². The van der Waals surface area contributed by atoms with Crippen LogP contribution in [0.3, 0.4) is 0 Å². The summed E-state index contributed by atoms with van der Waals surface area (Å²) in [6.07, 6.45) is 0.798. The number of halogens is 2. The van der Waals surface area contributed by atoms with Crippen molar-refractivity contribution in [3.8, 4) is 0 Å². The highest BCUT2D eigenvalue weighted by molar-refractivity contribution is 5.52. The van der Waals surface area contributed by atoms with Crippen LogP contribution in [0.15, 0.2) is 18.2 Å². The highest BCUT2D eigenvalue weighted by Gasteiger charge is 2.08. The van der Waals surface area contributed by atoms with Crippen LogP contribution < -0.4 is 16.2 Å². The monoisotopic (exact) mass is 181 g/mol. The Hall–Kier alpha value is -1.38. The third-order valence-electron chi connectivity index (χ3n) is 2.23. The summed E-state index contributed by atoms with van der Waals surface area (Å²) < 4.78 is 26.0. The zero-order chi connectivity index (χ0) is 9.42. The number of hydrogen-bond acceptors (Lipinski definition) is 1. The second-order valence-electron chi connectivity index (χ2n) is 3.12. The molecule has 0 aromatic heterocycles. The van der Waals surface area contributed by atoms with E-state index in [-0.39, 0.29) is 12.2 Å². The highest BCUT2D eigenvalue weighted by atomic mass is 19.1. The van der Waals surface area contributed by atoms with Gasteiger partial charge in [-0.1, -0.05) is 0 Å². The van der Waals surface area contributed by atoms with Gasteiger partial charge in [0.15, 0.2) is 0 Å². The normalized spacial score (nSPS) is 15.8. The van der Waals surface area contributed by atoms with Gasteiger partial charge in [0.05, 0.1) is 0 Å². The molecule has 0 heterocycles. The zero-order valence-corrected chi connectivity index (χ0v) is 6.98. The Morgan fingerprint density at radius 1 is 1.08 bits per heavy atom. The number of fused-ring (bicyclic) bond motifs is 1. The molecule has 68 valence electrons. The predicted octanol–water partition coefficient (Wildman–Crippen LogP) is 0.764. The maximum Gasteiger partial charge on any atom is 0.123 e. The van der Waals surface area contributed by atoms with E-state index in [4.69, 9.17) is 5.73 Å². The van der Waals surface area contributed by atoms with Crippen LogP contribution in [0.4, 0.5) is 8.78 Å². The lowest BCUT2D eigenvalue weighted by molar-refractivity contribution is 0.622. The highest BCUT2D eigenvalue weighted by Crippen LogP contribution is 2.11. The molecule has 0 atom stereocenters. The SMILES string of the molecule is NC1=c2ccc(F)cc2=C(F)CC1. The average Bonchev–Trinajstić information content (AvgIpc) is 2.12. The summed E-state index contributed by atoms with van der Waals surface area (Å²) >= 11 is 0. The molecule has 2 rings (SSSR count). The predicted molar refractivity (Wildman–Crippen MR) is 47.0 cm³/mol. The van der Waals surface area contributed by atoms with E-state index in [2.05, 4.69) is 0 Å². The second kappa shape index (κ2) is 2.83. The van der Waals surface area contributed by atoms with Gasteiger partial charge < -0.3 is 5.73 Å². The average molecular weight is 181 g/mol. The lowest BCUT2D eigenvalue weighted by atomic mass is 10.0. The van der Waals surface area contributed by atoms with Gasteiger partial charge in [-0.15, -0.1) is 0 Å². The molecule has 0 aliphatic heterocycles. The molecule has 0 fully saturated rings. The zero-order valence-electron chi connectivity index (χ0n) is 6.98. The summed E-state index contributed by atoms with van der Waals surface area (Å²) in [4.78, 5) is 0. The Labute approximate surface area is 74.2 Å². The molecule has 0 unspecified atom stereocenters. The first-order valence-electron chi connectivity index (χ1n) is 4.11. The van der Waals surface area contributed by atoms with Crippen LogP contribution in [0.2, 0.25) is 0 Å². The van der Waals surface area contributed by atoms with Crippen molar-refractivity contribution in [1.29, 1.82) is 0 Å². The number of nitrogens with two attached hydrogens (primary N) is 1. The molecule has 0 bridgehead atoms. The summed E-state index contributed by atoms with van der Waals surface area (Å²) in [5.41, 5.74) is 6.31. The molecule has 13 heavy (non-hydrogen) atoms. The summed E-state index contributed by atoms with van der Waals surface area (Å²) in [6, 6.07) is 4.01. The third kappa shape index (κ3) is 1.30. The van der Waals surface area contributed by atoms with Crippen LogP contribution in [0.5, 0.6) is 0 Å². The summed E-state index contributed by atoms with van der Waals surface area (Å²) in [5.74, 6) is -0.702. The van der Waals surface area contributed by atoms with Crippen molar-refractivity contribution in [2.24, 2.45) is 5.73 Å². The van der Waals surface area contributed by atoms with Crippen molar-refractivity contribution < 1.29 is 8.78 Å². The molecule has 0 spiro atoms. The summed E-state index contributed by atoms with van der Waals surface area (Å²) in [7, 11) is 0. The van der Waals surface area contributed by atoms with Gasteiger partial charge in [0, 0.05) is 22.6 Å². The molecule has 1 aliphatic rings. The van der Waals surface area contributed by atoms with Crippen LogP contribution in [-0.4, -0.2) is 0 Å². The Morgan fingerprint density at radius 2 is 1.85 bits per heavy atom. The number of hydrogen-bond donors (Lipinski definition) is 1.